The van der Waals surface area contributed by atoms with E-state index < -0.39 is 11.9 Å². The molecule has 0 aliphatic carbocycles. The zero-order valence-corrected chi connectivity index (χ0v) is 12.3. The number of nitrogens with one attached hydrogen (secondary N) is 2. The second kappa shape index (κ2) is 6.19. The van der Waals surface area contributed by atoms with E-state index in [1.807, 2.05) is 18.2 Å². The molecule has 0 bridgehead atoms. The number of anilines is 1. The van der Waals surface area contributed by atoms with Crippen LogP contribution in [0.25, 0.3) is 17.0 Å². The van der Waals surface area contributed by atoms with Crippen LogP contribution in [0.1, 0.15) is 11.3 Å². The van der Waals surface area contributed by atoms with E-state index >= 15 is 0 Å². The Bertz CT molecular complexity index is 895. The minimum absolute atomic E-state index is 0.384. The second-order valence-electron chi connectivity index (χ2n) is 5.08. The number of amides is 1. The lowest BCUT2D eigenvalue weighted by Gasteiger charge is -2.05. The van der Waals surface area contributed by atoms with Crippen LogP contribution in [0.2, 0.25) is 0 Å². The molecule has 0 radical (unpaired) electrons. The van der Waals surface area contributed by atoms with Gasteiger partial charge in [0.1, 0.15) is 5.69 Å². The summed E-state index contributed by atoms with van der Waals surface area (Å²) < 4.78 is 37.3. The Morgan fingerprint density at radius 3 is 2.71 bits per heavy atom. The SMILES string of the molecule is O=C(C=Cc1ccc(C(F)(F)F)nc1)Nc1ccc2[nH]ccc2c1. The number of aromatic amines is 1. The fraction of sp³-hybridized carbons (Fsp3) is 0.0588. The van der Waals surface area contributed by atoms with E-state index in [1.165, 1.54) is 18.2 Å². The smallest absolute Gasteiger partial charge is 0.361 e. The Kier molecular flexibility index (Phi) is 4.07. The van der Waals surface area contributed by atoms with E-state index in [9.17, 15) is 18.0 Å². The Labute approximate surface area is 135 Å². The Morgan fingerprint density at radius 1 is 1.17 bits per heavy atom. The van der Waals surface area contributed by atoms with Crippen molar-refractivity contribution in [2.24, 2.45) is 0 Å². The van der Waals surface area contributed by atoms with Crippen LogP contribution >= 0.6 is 0 Å². The molecule has 0 atom stereocenters. The number of halogens is 3. The molecule has 0 saturated heterocycles. The van der Waals surface area contributed by atoms with Crippen molar-refractivity contribution in [2.45, 2.75) is 6.18 Å². The lowest BCUT2D eigenvalue weighted by molar-refractivity contribution is -0.141. The number of nitrogens with zero attached hydrogens (tertiary/aromatic N) is 1. The summed E-state index contributed by atoms with van der Waals surface area (Å²) in [4.78, 5) is 18.3. The third-order valence-electron chi connectivity index (χ3n) is 3.32. The normalized spacial score (nSPS) is 12.0. The Morgan fingerprint density at radius 2 is 2.00 bits per heavy atom. The number of hydrogen-bond donors (Lipinski definition) is 2. The lowest BCUT2D eigenvalue weighted by Crippen LogP contribution is -2.08. The molecule has 7 heteroatoms. The Hall–Kier alpha value is -3.09. The van der Waals surface area contributed by atoms with Crippen molar-refractivity contribution in [3.8, 4) is 0 Å². The van der Waals surface area contributed by atoms with E-state index in [1.54, 1.807) is 12.3 Å². The van der Waals surface area contributed by atoms with Crippen LogP contribution in [0.15, 0.2) is 54.9 Å². The van der Waals surface area contributed by atoms with Crippen molar-refractivity contribution in [2.75, 3.05) is 5.32 Å². The van der Waals surface area contributed by atoms with Crippen molar-refractivity contribution in [1.82, 2.24) is 9.97 Å². The topological polar surface area (TPSA) is 57.8 Å². The van der Waals surface area contributed by atoms with Gasteiger partial charge < -0.3 is 10.3 Å². The number of hydrogen-bond acceptors (Lipinski definition) is 2. The van der Waals surface area contributed by atoms with Gasteiger partial charge in [-0.1, -0.05) is 6.07 Å². The van der Waals surface area contributed by atoms with E-state index in [0.29, 0.717) is 11.3 Å². The first-order valence-electron chi connectivity index (χ1n) is 7.01. The fourth-order valence-corrected chi connectivity index (χ4v) is 2.16. The van der Waals surface area contributed by atoms with Gasteiger partial charge in [-0.05, 0) is 42.0 Å². The highest BCUT2D eigenvalue weighted by molar-refractivity contribution is 6.02. The zero-order chi connectivity index (χ0) is 17.2. The van der Waals surface area contributed by atoms with Crippen LogP contribution in [-0.4, -0.2) is 15.9 Å². The minimum Gasteiger partial charge on any atom is -0.361 e. The number of carbonyl (C=O) groups excluding carboxylic acids is 1. The van der Waals surface area contributed by atoms with Crippen molar-refractivity contribution in [3.05, 3.63) is 66.1 Å². The molecule has 122 valence electrons. The number of fused-ring (bicyclic) bond motifs is 1. The van der Waals surface area contributed by atoms with Crippen LogP contribution in [0.5, 0.6) is 0 Å². The van der Waals surface area contributed by atoms with Gasteiger partial charge in [0.15, 0.2) is 0 Å². The van der Waals surface area contributed by atoms with Crippen molar-refractivity contribution >= 4 is 28.6 Å². The van der Waals surface area contributed by atoms with Gasteiger partial charge >= 0.3 is 6.18 Å². The van der Waals surface area contributed by atoms with Gasteiger partial charge in [-0.15, -0.1) is 0 Å². The molecule has 0 saturated carbocycles. The van der Waals surface area contributed by atoms with Crippen LogP contribution in [-0.2, 0) is 11.0 Å². The maximum atomic E-state index is 12.4. The summed E-state index contributed by atoms with van der Waals surface area (Å²) in [6, 6.07) is 9.42. The molecule has 24 heavy (non-hydrogen) atoms. The molecule has 1 amide bonds. The predicted molar refractivity (Wildman–Crippen MR) is 85.2 cm³/mol. The summed E-state index contributed by atoms with van der Waals surface area (Å²) in [6.07, 6.45) is 1.03. The number of benzene rings is 1. The maximum absolute atomic E-state index is 12.4. The van der Waals surface area contributed by atoms with Gasteiger partial charge in [0.25, 0.3) is 0 Å². The molecular weight excluding hydrogens is 319 g/mol. The molecule has 0 aliphatic heterocycles. The summed E-state index contributed by atoms with van der Waals surface area (Å²) in [5.74, 6) is -0.384. The maximum Gasteiger partial charge on any atom is 0.433 e. The molecule has 3 aromatic rings. The summed E-state index contributed by atoms with van der Waals surface area (Å²) in [7, 11) is 0. The predicted octanol–water partition coefficient (Wildman–Crippen LogP) is 4.23. The van der Waals surface area contributed by atoms with Crippen molar-refractivity contribution < 1.29 is 18.0 Å². The average Bonchev–Trinajstić information content (AvgIpc) is 3.00. The van der Waals surface area contributed by atoms with E-state index in [4.69, 9.17) is 0 Å². The third kappa shape index (κ3) is 3.62. The third-order valence-corrected chi connectivity index (χ3v) is 3.32. The fourth-order valence-electron chi connectivity index (χ4n) is 2.16. The summed E-state index contributed by atoms with van der Waals surface area (Å²) in [5, 5.41) is 3.65. The molecule has 2 aromatic heterocycles. The first-order chi connectivity index (χ1) is 11.4. The van der Waals surface area contributed by atoms with Crippen LogP contribution in [0, 0.1) is 0 Å². The molecule has 0 aliphatic rings. The Balaban J connectivity index is 1.66. The quantitative estimate of drug-likeness (QED) is 0.706. The number of pyridine rings is 1. The molecule has 4 nitrogen and oxygen atoms in total. The largest absolute Gasteiger partial charge is 0.433 e. The number of aromatic nitrogens is 2. The van der Waals surface area contributed by atoms with E-state index in [2.05, 4.69) is 15.3 Å². The van der Waals surface area contributed by atoms with Crippen molar-refractivity contribution in [1.29, 1.82) is 0 Å². The highest BCUT2D eigenvalue weighted by atomic mass is 19.4. The van der Waals surface area contributed by atoms with E-state index in [-0.39, 0.29) is 5.91 Å². The van der Waals surface area contributed by atoms with Crippen LogP contribution in [0.4, 0.5) is 18.9 Å². The van der Waals surface area contributed by atoms with Gasteiger partial charge in [-0.2, -0.15) is 13.2 Å². The number of alkyl halides is 3. The molecule has 3 rings (SSSR count). The minimum atomic E-state index is -4.48. The molecular formula is C17H12F3N3O. The monoisotopic (exact) mass is 331 g/mol. The first kappa shape index (κ1) is 15.8. The van der Waals surface area contributed by atoms with Gasteiger partial charge in [0, 0.05) is 35.1 Å². The number of carbonyl (C=O) groups is 1. The second-order valence-corrected chi connectivity index (χ2v) is 5.08. The molecule has 0 fully saturated rings. The highest BCUT2D eigenvalue weighted by Gasteiger charge is 2.31. The molecule has 2 N–H and O–H groups in total. The molecule has 0 unspecified atom stereocenters. The molecule has 2 heterocycles. The zero-order valence-electron chi connectivity index (χ0n) is 12.3. The lowest BCUT2D eigenvalue weighted by atomic mass is 10.2. The number of rotatable bonds is 3. The van der Waals surface area contributed by atoms with Gasteiger partial charge in [-0.3, -0.25) is 9.78 Å². The average molecular weight is 331 g/mol. The van der Waals surface area contributed by atoms with Gasteiger partial charge in [0.05, 0.1) is 0 Å². The van der Waals surface area contributed by atoms with Gasteiger partial charge in [0.2, 0.25) is 5.91 Å². The number of H-pyrrole nitrogens is 1. The molecule has 0 spiro atoms. The summed E-state index contributed by atoms with van der Waals surface area (Å²) in [5.41, 5.74) is 1.02. The van der Waals surface area contributed by atoms with Crippen LogP contribution < -0.4 is 5.32 Å². The van der Waals surface area contributed by atoms with Crippen LogP contribution in [0.3, 0.4) is 0 Å². The standard InChI is InChI=1S/C17H12F3N3O/c18-17(19,20)15-5-1-11(10-22-15)2-6-16(24)23-13-3-4-14-12(9-13)7-8-21-14/h1-10,21H,(H,23,24). The van der Waals surface area contributed by atoms with E-state index in [0.717, 1.165) is 23.2 Å². The van der Waals surface area contributed by atoms with Gasteiger partial charge in [-0.25, -0.2) is 0 Å². The summed E-state index contributed by atoms with van der Waals surface area (Å²) >= 11 is 0. The molecule has 1 aromatic carbocycles. The van der Waals surface area contributed by atoms with Crippen molar-refractivity contribution in [3.63, 3.8) is 0 Å². The first-order valence-corrected chi connectivity index (χ1v) is 7.01. The highest BCUT2D eigenvalue weighted by Crippen LogP contribution is 2.27. The summed E-state index contributed by atoms with van der Waals surface area (Å²) in [6.45, 7) is 0.